The second kappa shape index (κ2) is 6.94. The van der Waals surface area contributed by atoms with E-state index in [9.17, 15) is 15.0 Å². The maximum Gasteiger partial charge on any atom is 0.357 e. The van der Waals surface area contributed by atoms with Crippen molar-refractivity contribution in [1.29, 1.82) is 0 Å². The summed E-state index contributed by atoms with van der Waals surface area (Å²) in [5.74, 6) is 5.04. The number of hydrogen-bond donors (Lipinski definition) is 3. The van der Waals surface area contributed by atoms with Crippen LogP contribution < -0.4 is 5.73 Å². The number of fused-ring (bicyclic) bond motifs is 1. The fourth-order valence-corrected chi connectivity index (χ4v) is 2.75. The molecule has 1 aromatic carbocycles. The second-order valence-electron chi connectivity index (χ2n) is 6.53. The quantitative estimate of drug-likeness (QED) is 0.419. The molecule has 0 aliphatic carbocycles. The van der Waals surface area contributed by atoms with Crippen LogP contribution in [0.15, 0.2) is 35.0 Å². The van der Waals surface area contributed by atoms with Crippen LogP contribution in [0.25, 0.3) is 16.7 Å². The largest absolute Gasteiger partial charge is 0.476 e. The van der Waals surface area contributed by atoms with Crippen LogP contribution in [-0.4, -0.2) is 46.1 Å². The lowest BCUT2D eigenvalue weighted by molar-refractivity contribution is 0.0692. The maximum absolute atomic E-state index is 11.6. The lowest BCUT2D eigenvalue weighted by atomic mass is 10.1. The van der Waals surface area contributed by atoms with Crippen LogP contribution >= 0.6 is 0 Å². The van der Waals surface area contributed by atoms with Crippen LogP contribution in [0.4, 0.5) is 5.95 Å². The fraction of sp³-hybridized carbons (Fsp3) is 0.158. The predicted molar refractivity (Wildman–Crippen MR) is 104 cm³/mol. The Hall–Kier alpha value is -4.30. The van der Waals surface area contributed by atoms with Gasteiger partial charge in [0.05, 0.1) is 5.52 Å². The second-order valence-corrected chi connectivity index (χ2v) is 6.53. The number of aromatic nitrogens is 6. The molecule has 11 heteroatoms. The van der Waals surface area contributed by atoms with Gasteiger partial charge in [0, 0.05) is 30.1 Å². The minimum absolute atomic E-state index is 0.0235. The molecule has 0 spiro atoms. The topological polar surface area (TPSA) is 166 Å². The molecule has 4 aromatic rings. The number of aromatic carboxylic acids is 1. The van der Waals surface area contributed by atoms with E-state index in [0.717, 1.165) is 0 Å². The van der Waals surface area contributed by atoms with Gasteiger partial charge in [-0.3, -0.25) is 0 Å². The lowest BCUT2D eigenvalue weighted by Crippen LogP contribution is -2.20. The zero-order valence-electron chi connectivity index (χ0n) is 15.9. The van der Waals surface area contributed by atoms with E-state index >= 15 is 0 Å². The van der Waals surface area contributed by atoms with E-state index in [2.05, 4.69) is 37.0 Å². The number of aliphatic hydroxyl groups is 1. The van der Waals surface area contributed by atoms with E-state index in [4.69, 9.17) is 10.3 Å². The van der Waals surface area contributed by atoms with Crippen molar-refractivity contribution in [2.75, 3.05) is 5.73 Å². The van der Waals surface area contributed by atoms with Crippen LogP contribution in [0.2, 0.25) is 0 Å². The molecule has 4 rings (SSSR count). The van der Waals surface area contributed by atoms with Gasteiger partial charge in [-0.25, -0.2) is 14.5 Å². The van der Waals surface area contributed by atoms with Crippen LogP contribution in [0.1, 0.15) is 34.7 Å². The third-order valence-electron chi connectivity index (χ3n) is 4.17. The SMILES string of the molecule is Cc1nc([C@](C)(O)C#Cc2ccc3c(C(=O)O)nn(-c4ccnc(N)n4)c3c2)no1. The first-order chi connectivity index (χ1) is 14.2. The summed E-state index contributed by atoms with van der Waals surface area (Å²) in [6, 6.07) is 6.40. The van der Waals surface area contributed by atoms with Crippen LogP contribution in [0.3, 0.4) is 0 Å². The molecular weight excluding hydrogens is 390 g/mol. The highest BCUT2D eigenvalue weighted by atomic mass is 16.5. The molecule has 150 valence electrons. The number of benzene rings is 1. The van der Waals surface area contributed by atoms with Gasteiger partial charge in [0.15, 0.2) is 17.1 Å². The first-order valence-corrected chi connectivity index (χ1v) is 8.66. The third kappa shape index (κ3) is 3.43. The highest BCUT2D eigenvalue weighted by molar-refractivity contribution is 6.01. The Bertz CT molecular complexity index is 1340. The summed E-state index contributed by atoms with van der Waals surface area (Å²) in [5, 5.41) is 28.2. The molecule has 1 atom stereocenters. The van der Waals surface area contributed by atoms with Crippen molar-refractivity contribution in [2.24, 2.45) is 0 Å². The molecule has 0 fully saturated rings. The molecule has 4 N–H and O–H groups in total. The van der Waals surface area contributed by atoms with Gasteiger partial charge < -0.3 is 20.5 Å². The first-order valence-electron chi connectivity index (χ1n) is 8.66. The molecule has 0 aliphatic heterocycles. The molecule has 3 aromatic heterocycles. The average molecular weight is 405 g/mol. The molecule has 30 heavy (non-hydrogen) atoms. The molecular formula is C19H15N7O4. The smallest absolute Gasteiger partial charge is 0.357 e. The molecule has 0 aliphatic rings. The number of nitrogen functional groups attached to an aromatic ring is 1. The summed E-state index contributed by atoms with van der Waals surface area (Å²) in [7, 11) is 0. The Morgan fingerprint density at radius 1 is 1.30 bits per heavy atom. The van der Waals surface area contributed by atoms with Gasteiger partial charge in [0.1, 0.15) is 0 Å². The van der Waals surface area contributed by atoms with Gasteiger partial charge in [-0.1, -0.05) is 17.0 Å². The molecule has 0 radical (unpaired) electrons. The molecule has 0 saturated carbocycles. The molecule has 0 bridgehead atoms. The Labute approximate surface area is 169 Å². The number of carbonyl (C=O) groups is 1. The Morgan fingerprint density at radius 3 is 2.77 bits per heavy atom. The van der Waals surface area contributed by atoms with E-state index in [1.807, 2.05) is 0 Å². The van der Waals surface area contributed by atoms with Crippen LogP contribution in [0.5, 0.6) is 0 Å². The van der Waals surface area contributed by atoms with Gasteiger partial charge in [-0.15, -0.1) is 0 Å². The summed E-state index contributed by atoms with van der Waals surface area (Å²) in [6.45, 7) is 3.05. The molecule has 0 saturated heterocycles. The lowest BCUT2D eigenvalue weighted by Gasteiger charge is -2.10. The minimum Gasteiger partial charge on any atom is -0.476 e. The summed E-state index contributed by atoms with van der Waals surface area (Å²) in [4.78, 5) is 23.5. The number of nitrogens with two attached hydrogens (primary N) is 1. The van der Waals surface area contributed by atoms with Gasteiger partial charge in [-0.2, -0.15) is 15.1 Å². The first kappa shape index (κ1) is 19.0. The predicted octanol–water partition coefficient (Wildman–Crippen LogP) is 1.05. The van der Waals surface area contributed by atoms with Crippen molar-refractivity contribution in [2.45, 2.75) is 19.4 Å². The van der Waals surface area contributed by atoms with Gasteiger partial charge in [0.2, 0.25) is 17.7 Å². The van der Waals surface area contributed by atoms with Crippen molar-refractivity contribution in [1.82, 2.24) is 29.9 Å². The van der Waals surface area contributed by atoms with E-state index in [1.54, 1.807) is 31.2 Å². The maximum atomic E-state index is 11.6. The minimum atomic E-state index is -1.64. The van der Waals surface area contributed by atoms with Crippen molar-refractivity contribution in [3.63, 3.8) is 0 Å². The monoisotopic (exact) mass is 405 g/mol. The third-order valence-corrected chi connectivity index (χ3v) is 4.17. The molecule has 0 unspecified atom stereocenters. The number of aryl methyl sites for hydroxylation is 1. The van der Waals surface area contributed by atoms with Gasteiger partial charge in [-0.05, 0) is 25.1 Å². The Kier molecular flexibility index (Phi) is 4.41. The number of anilines is 1. The zero-order valence-corrected chi connectivity index (χ0v) is 15.9. The van der Waals surface area contributed by atoms with Crippen molar-refractivity contribution < 1.29 is 19.5 Å². The average Bonchev–Trinajstić information content (AvgIpc) is 3.30. The highest BCUT2D eigenvalue weighted by Gasteiger charge is 2.26. The van der Waals surface area contributed by atoms with Crippen LogP contribution in [-0.2, 0) is 5.60 Å². The zero-order chi connectivity index (χ0) is 21.5. The number of carboxylic acids is 1. The van der Waals surface area contributed by atoms with Crippen LogP contribution in [0, 0.1) is 18.8 Å². The summed E-state index contributed by atoms with van der Waals surface area (Å²) < 4.78 is 6.23. The van der Waals surface area contributed by atoms with E-state index in [-0.39, 0.29) is 17.5 Å². The Morgan fingerprint density at radius 2 is 2.10 bits per heavy atom. The molecule has 3 heterocycles. The summed E-state index contributed by atoms with van der Waals surface area (Å²) in [5.41, 5.74) is 4.81. The summed E-state index contributed by atoms with van der Waals surface area (Å²) >= 11 is 0. The summed E-state index contributed by atoms with van der Waals surface area (Å²) in [6.07, 6.45) is 1.44. The highest BCUT2D eigenvalue weighted by Crippen LogP contribution is 2.23. The number of nitrogens with zero attached hydrogens (tertiary/aromatic N) is 6. The van der Waals surface area contributed by atoms with Crippen molar-refractivity contribution in [3.8, 4) is 17.7 Å². The van der Waals surface area contributed by atoms with E-state index in [0.29, 0.717) is 28.2 Å². The van der Waals surface area contributed by atoms with E-state index < -0.39 is 11.6 Å². The normalized spacial score (nSPS) is 12.9. The van der Waals surface area contributed by atoms with Crippen molar-refractivity contribution in [3.05, 3.63) is 53.4 Å². The number of rotatable bonds is 3. The Balaban J connectivity index is 1.83. The number of hydrogen-bond acceptors (Lipinski definition) is 9. The van der Waals surface area contributed by atoms with Gasteiger partial charge in [0.25, 0.3) is 0 Å². The standard InChI is InChI=1S/C19H15N7O4/c1-10-22-17(25-30-10)19(2,29)7-5-11-3-4-12-13(9-11)26(24-15(12)16(27)28)14-6-8-21-18(20)23-14/h3-4,6,8-9,29H,1-2H3,(H,27,28)(H2,20,21,23)/t19-/m1/s1. The molecule has 0 amide bonds. The number of carboxylic acid groups (broad SMARTS) is 1. The van der Waals surface area contributed by atoms with Gasteiger partial charge >= 0.3 is 5.97 Å². The molecule has 11 nitrogen and oxygen atoms in total. The van der Waals surface area contributed by atoms with Crippen molar-refractivity contribution >= 4 is 22.8 Å². The fourth-order valence-electron chi connectivity index (χ4n) is 2.75. The van der Waals surface area contributed by atoms with E-state index in [1.165, 1.54) is 17.8 Å².